The molecule has 0 radical (unpaired) electrons. The number of pyridine rings is 1. The molecule has 0 bridgehead atoms. The van der Waals surface area contributed by atoms with Gasteiger partial charge in [-0.1, -0.05) is 11.8 Å². The summed E-state index contributed by atoms with van der Waals surface area (Å²) in [4.78, 5) is 9.64. The highest BCUT2D eigenvalue weighted by Gasteiger charge is 2.10. The molecule has 0 saturated heterocycles. The highest BCUT2D eigenvalue weighted by molar-refractivity contribution is 7.99. The van der Waals surface area contributed by atoms with Crippen molar-refractivity contribution in [2.24, 2.45) is 7.05 Å². The van der Waals surface area contributed by atoms with Crippen molar-refractivity contribution in [3.8, 4) is 11.1 Å². The number of H-pyrrole nitrogens is 1. The molecule has 23 heavy (non-hydrogen) atoms. The lowest BCUT2D eigenvalue weighted by Crippen LogP contribution is -1.84. The fraction of sp³-hybridized carbons (Fsp3) is 0.0588. The third kappa shape index (κ3) is 2.73. The lowest BCUT2D eigenvalue weighted by Gasteiger charge is -2.02. The molecule has 0 fully saturated rings. The second kappa shape index (κ2) is 5.55. The van der Waals surface area contributed by atoms with Crippen molar-refractivity contribution in [1.29, 1.82) is 0 Å². The van der Waals surface area contributed by atoms with Gasteiger partial charge in [0.25, 0.3) is 0 Å². The molecule has 0 aliphatic heterocycles. The van der Waals surface area contributed by atoms with E-state index in [0.29, 0.717) is 0 Å². The lowest BCUT2D eigenvalue weighted by atomic mass is 10.1. The van der Waals surface area contributed by atoms with E-state index in [-0.39, 0.29) is 5.82 Å². The van der Waals surface area contributed by atoms with Gasteiger partial charge in [0.15, 0.2) is 0 Å². The van der Waals surface area contributed by atoms with Crippen molar-refractivity contribution in [2.45, 2.75) is 9.79 Å². The molecule has 3 aromatic heterocycles. The van der Waals surface area contributed by atoms with Crippen LogP contribution in [0.2, 0.25) is 0 Å². The Morgan fingerprint density at radius 1 is 1.13 bits per heavy atom. The van der Waals surface area contributed by atoms with Crippen LogP contribution >= 0.6 is 11.8 Å². The number of hydrogen-bond acceptors (Lipinski definition) is 3. The first kappa shape index (κ1) is 14.0. The number of fused-ring (bicyclic) bond motifs is 1. The SMILES string of the molecule is Cn1cc(-c2c[nH]c3ncc(Sc4ccc(F)cc4)cc23)cn1. The molecule has 0 atom stereocenters. The Hall–Kier alpha value is -2.60. The summed E-state index contributed by atoms with van der Waals surface area (Å²) in [5.74, 6) is -0.229. The Morgan fingerprint density at radius 3 is 2.70 bits per heavy atom. The number of aryl methyl sites for hydroxylation is 1. The van der Waals surface area contributed by atoms with Crippen LogP contribution in [0.5, 0.6) is 0 Å². The zero-order valence-electron chi connectivity index (χ0n) is 12.3. The maximum atomic E-state index is 13.0. The van der Waals surface area contributed by atoms with Crippen molar-refractivity contribution in [1.82, 2.24) is 19.7 Å². The summed E-state index contributed by atoms with van der Waals surface area (Å²) in [6.07, 6.45) is 7.58. The molecule has 4 rings (SSSR count). The predicted octanol–water partition coefficient (Wildman–Crippen LogP) is 4.25. The van der Waals surface area contributed by atoms with E-state index < -0.39 is 0 Å². The predicted molar refractivity (Wildman–Crippen MR) is 88.8 cm³/mol. The van der Waals surface area contributed by atoms with Gasteiger partial charge in [0.1, 0.15) is 11.5 Å². The van der Waals surface area contributed by atoms with Gasteiger partial charge in [-0.3, -0.25) is 4.68 Å². The van der Waals surface area contributed by atoms with E-state index in [4.69, 9.17) is 0 Å². The molecule has 114 valence electrons. The van der Waals surface area contributed by atoms with Gasteiger partial charge < -0.3 is 4.98 Å². The molecule has 1 N–H and O–H groups in total. The number of nitrogens with one attached hydrogen (secondary N) is 1. The van der Waals surface area contributed by atoms with Crippen LogP contribution in [-0.4, -0.2) is 19.7 Å². The van der Waals surface area contributed by atoms with Gasteiger partial charge in [0.05, 0.1) is 6.20 Å². The Labute approximate surface area is 136 Å². The van der Waals surface area contributed by atoms with Gasteiger partial charge in [-0.15, -0.1) is 0 Å². The third-order valence-corrected chi connectivity index (χ3v) is 4.54. The maximum absolute atomic E-state index is 13.0. The summed E-state index contributed by atoms with van der Waals surface area (Å²) in [5, 5.41) is 5.27. The van der Waals surface area contributed by atoms with Crippen LogP contribution < -0.4 is 0 Å². The summed E-state index contributed by atoms with van der Waals surface area (Å²) in [5.41, 5.74) is 2.96. The number of aromatic amines is 1. The Morgan fingerprint density at radius 2 is 1.96 bits per heavy atom. The van der Waals surface area contributed by atoms with Crippen LogP contribution in [0.1, 0.15) is 0 Å². The van der Waals surface area contributed by atoms with Crippen LogP contribution in [0.4, 0.5) is 4.39 Å². The van der Waals surface area contributed by atoms with Gasteiger partial charge in [-0.05, 0) is 30.3 Å². The van der Waals surface area contributed by atoms with Gasteiger partial charge in [0, 0.05) is 51.9 Å². The largest absolute Gasteiger partial charge is 0.346 e. The summed E-state index contributed by atoms with van der Waals surface area (Å²) in [7, 11) is 1.90. The van der Waals surface area contributed by atoms with Crippen molar-refractivity contribution < 1.29 is 4.39 Å². The standard InChI is InChI=1S/C17H13FN4S/c1-22-10-11(7-21-22)16-9-20-17-15(16)6-14(8-19-17)23-13-4-2-12(18)3-5-13/h2-10H,1H3,(H,19,20). The average Bonchev–Trinajstić information content (AvgIpc) is 3.15. The summed E-state index contributed by atoms with van der Waals surface area (Å²) in [6.45, 7) is 0. The number of nitrogens with zero attached hydrogens (tertiary/aromatic N) is 3. The van der Waals surface area contributed by atoms with Crippen molar-refractivity contribution in [2.75, 3.05) is 0 Å². The number of hydrogen-bond donors (Lipinski definition) is 1. The number of halogens is 1. The summed E-state index contributed by atoms with van der Waals surface area (Å²) >= 11 is 1.56. The first-order valence-electron chi connectivity index (χ1n) is 7.08. The molecule has 0 aliphatic carbocycles. The van der Waals surface area contributed by atoms with E-state index in [2.05, 4.69) is 21.1 Å². The van der Waals surface area contributed by atoms with E-state index in [1.807, 2.05) is 31.8 Å². The molecule has 1 aromatic carbocycles. The van der Waals surface area contributed by atoms with Crippen molar-refractivity contribution in [3.63, 3.8) is 0 Å². The Kier molecular flexibility index (Phi) is 3.38. The number of aromatic nitrogens is 4. The van der Waals surface area contributed by atoms with Gasteiger partial charge in [0.2, 0.25) is 0 Å². The molecule has 0 amide bonds. The average molecular weight is 324 g/mol. The lowest BCUT2D eigenvalue weighted by molar-refractivity contribution is 0.626. The van der Waals surface area contributed by atoms with Crippen LogP contribution in [0.3, 0.4) is 0 Å². The molecular formula is C17H13FN4S. The van der Waals surface area contributed by atoms with Gasteiger partial charge in [-0.25, -0.2) is 9.37 Å². The van der Waals surface area contributed by atoms with E-state index in [1.165, 1.54) is 12.1 Å². The highest BCUT2D eigenvalue weighted by Crippen LogP contribution is 2.33. The monoisotopic (exact) mass is 324 g/mol. The van der Waals surface area contributed by atoms with E-state index in [0.717, 1.165) is 32.0 Å². The molecule has 0 aliphatic rings. The van der Waals surface area contributed by atoms with Crippen LogP contribution in [0.25, 0.3) is 22.2 Å². The van der Waals surface area contributed by atoms with Crippen molar-refractivity contribution >= 4 is 22.8 Å². The molecule has 3 heterocycles. The minimum absolute atomic E-state index is 0.229. The van der Waals surface area contributed by atoms with Crippen LogP contribution in [-0.2, 0) is 7.05 Å². The van der Waals surface area contributed by atoms with E-state index in [9.17, 15) is 4.39 Å². The summed E-state index contributed by atoms with van der Waals surface area (Å²) in [6, 6.07) is 8.55. The van der Waals surface area contributed by atoms with Gasteiger partial charge in [-0.2, -0.15) is 5.10 Å². The zero-order chi connectivity index (χ0) is 15.8. The number of rotatable bonds is 3. The molecule has 0 saturated carbocycles. The van der Waals surface area contributed by atoms with Gasteiger partial charge >= 0.3 is 0 Å². The molecule has 6 heteroatoms. The minimum atomic E-state index is -0.229. The van der Waals surface area contributed by atoms with Crippen LogP contribution in [0, 0.1) is 5.82 Å². The Balaban J connectivity index is 1.73. The molecule has 0 unspecified atom stereocenters. The Bertz CT molecular complexity index is 972. The third-order valence-electron chi connectivity index (χ3n) is 3.57. The first-order valence-corrected chi connectivity index (χ1v) is 7.90. The topological polar surface area (TPSA) is 46.5 Å². The first-order chi connectivity index (χ1) is 11.2. The van der Waals surface area contributed by atoms with E-state index in [1.54, 1.807) is 28.6 Å². The quantitative estimate of drug-likeness (QED) is 0.613. The fourth-order valence-electron chi connectivity index (χ4n) is 2.48. The zero-order valence-corrected chi connectivity index (χ0v) is 13.1. The molecule has 4 aromatic rings. The summed E-state index contributed by atoms with van der Waals surface area (Å²) < 4.78 is 14.8. The normalized spacial score (nSPS) is 11.2. The van der Waals surface area contributed by atoms with Crippen molar-refractivity contribution in [3.05, 3.63) is 60.9 Å². The minimum Gasteiger partial charge on any atom is -0.346 e. The molecule has 4 nitrogen and oxygen atoms in total. The molecular weight excluding hydrogens is 311 g/mol. The smallest absolute Gasteiger partial charge is 0.137 e. The fourth-order valence-corrected chi connectivity index (χ4v) is 3.30. The second-order valence-corrected chi connectivity index (χ2v) is 6.38. The second-order valence-electron chi connectivity index (χ2n) is 5.23. The molecule has 0 spiro atoms. The number of benzene rings is 1. The van der Waals surface area contributed by atoms with E-state index >= 15 is 0 Å². The highest BCUT2D eigenvalue weighted by atomic mass is 32.2. The van der Waals surface area contributed by atoms with Crippen LogP contribution in [0.15, 0.2) is 64.9 Å². The maximum Gasteiger partial charge on any atom is 0.137 e.